The van der Waals surface area contributed by atoms with Crippen molar-refractivity contribution in [1.82, 2.24) is 4.90 Å². The summed E-state index contributed by atoms with van der Waals surface area (Å²) >= 11 is 0. The van der Waals surface area contributed by atoms with Crippen molar-refractivity contribution < 1.29 is 0 Å². The summed E-state index contributed by atoms with van der Waals surface area (Å²) in [5, 5.41) is 0. The SMILES string of the molecule is CCCC(C)(C)N1CC2C(N)CC2(C)C1. The quantitative estimate of drug-likeness (QED) is 0.774. The molecule has 0 amide bonds. The molecule has 88 valence electrons. The van der Waals surface area contributed by atoms with Crippen molar-refractivity contribution in [2.45, 2.75) is 58.5 Å². The molecule has 3 atom stereocenters. The number of hydrogen-bond donors (Lipinski definition) is 1. The molecule has 0 spiro atoms. The molecule has 2 rings (SSSR count). The Labute approximate surface area is 94.2 Å². The maximum atomic E-state index is 6.10. The van der Waals surface area contributed by atoms with Gasteiger partial charge in [0.25, 0.3) is 0 Å². The molecule has 3 unspecified atom stereocenters. The average Bonchev–Trinajstić information content (AvgIpc) is 2.38. The number of rotatable bonds is 3. The molecule has 2 heteroatoms. The highest BCUT2D eigenvalue weighted by molar-refractivity contribution is 5.10. The molecule has 0 aromatic rings. The van der Waals surface area contributed by atoms with E-state index < -0.39 is 0 Å². The lowest BCUT2D eigenvalue weighted by Crippen LogP contribution is -2.53. The lowest BCUT2D eigenvalue weighted by Gasteiger charge is -2.46. The van der Waals surface area contributed by atoms with E-state index in [0.29, 0.717) is 17.0 Å². The predicted molar refractivity (Wildman–Crippen MR) is 64.7 cm³/mol. The van der Waals surface area contributed by atoms with Crippen molar-refractivity contribution in [3.63, 3.8) is 0 Å². The molecule has 2 N–H and O–H groups in total. The molecule has 15 heavy (non-hydrogen) atoms. The fourth-order valence-electron chi connectivity index (χ4n) is 3.70. The van der Waals surface area contributed by atoms with Crippen LogP contribution in [-0.2, 0) is 0 Å². The standard InChI is InChI=1S/C13H26N2/c1-5-6-12(2,3)15-8-10-11(14)7-13(10,4)9-15/h10-11H,5-9,14H2,1-4H3. The summed E-state index contributed by atoms with van der Waals surface area (Å²) in [6.45, 7) is 12.0. The average molecular weight is 210 g/mol. The number of hydrogen-bond acceptors (Lipinski definition) is 2. The first-order valence-corrected chi connectivity index (χ1v) is 6.40. The van der Waals surface area contributed by atoms with Crippen LogP contribution in [0.15, 0.2) is 0 Å². The van der Waals surface area contributed by atoms with Crippen LogP contribution in [0.3, 0.4) is 0 Å². The first-order valence-electron chi connectivity index (χ1n) is 6.40. The van der Waals surface area contributed by atoms with Gasteiger partial charge in [-0.1, -0.05) is 20.3 Å². The second-order valence-electron chi connectivity index (χ2n) is 6.57. The van der Waals surface area contributed by atoms with Crippen molar-refractivity contribution in [2.75, 3.05) is 13.1 Å². The molecule has 2 aliphatic rings. The third-order valence-electron chi connectivity index (χ3n) is 4.80. The zero-order valence-electron chi connectivity index (χ0n) is 10.7. The predicted octanol–water partition coefficient (Wildman–Crippen LogP) is 2.23. The topological polar surface area (TPSA) is 29.3 Å². The zero-order valence-corrected chi connectivity index (χ0v) is 10.7. The summed E-state index contributed by atoms with van der Waals surface area (Å²) in [5.41, 5.74) is 7.00. The van der Waals surface area contributed by atoms with Gasteiger partial charge in [-0.25, -0.2) is 0 Å². The third kappa shape index (κ3) is 1.72. The lowest BCUT2D eigenvalue weighted by atomic mass is 9.60. The first-order chi connectivity index (χ1) is 6.89. The molecule has 0 aromatic carbocycles. The van der Waals surface area contributed by atoms with Crippen molar-refractivity contribution in [3.05, 3.63) is 0 Å². The summed E-state index contributed by atoms with van der Waals surface area (Å²) in [6.07, 6.45) is 3.80. The second-order valence-corrected chi connectivity index (χ2v) is 6.57. The third-order valence-corrected chi connectivity index (χ3v) is 4.80. The van der Waals surface area contributed by atoms with E-state index in [-0.39, 0.29) is 0 Å². The summed E-state index contributed by atoms with van der Waals surface area (Å²) in [4.78, 5) is 2.67. The van der Waals surface area contributed by atoms with Crippen LogP contribution < -0.4 is 5.73 Å². The zero-order chi connectivity index (χ0) is 11.3. The lowest BCUT2D eigenvalue weighted by molar-refractivity contribution is 0.0725. The Morgan fingerprint density at radius 1 is 1.47 bits per heavy atom. The van der Waals surface area contributed by atoms with Gasteiger partial charge in [-0.3, -0.25) is 4.90 Å². The van der Waals surface area contributed by atoms with Gasteiger partial charge in [0.15, 0.2) is 0 Å². The molecule has 1 saturated carbocycles. The van der Waals surface area contributed by atoms with Crippen molar-refractivity contribution in [3.8, 4) is 0 Å². The Bertz CT molecular complexity index is 249. The molecular weight excluding hydrogens is 184 g/mol. The summed E-state index contributed by atoms with van der Waals surface area (Å²) in [5.74, 6) is 0.758. The fraction of sp³-hybridized carbons (Fsp3) is 1.00. The molecule has 1 heterocycles. The van der Waals surface area contributed by atoms with Crippen LogP contribution in [0.5, 0.6) is 0 Å². The van der Waals surface area contributed by atoms with Gasteiger partial charge in [0.1, 0.15) is 0 Å². The maximum Gasteiger partial charge on any atom is 0.0153 e. The van der Waals surface area contributed by atoms with Crippen LogP contribution in [0.2, 0.25) is 0 Å². The van der Waals surface area contributed by atoms with Crippen molar-refractivity contribution in [1.29, 1.82) is 0 Å². The smallest absolute Gasteiger partial charge is 0.0153 e. The number of nitrogens with two attached hydrogens (primary N) is 1. The Kier molecular flexibility index (Phi) is 2.63. The molecule has 1 aliphatic carbocycles. The van der Waals surface area contributed by atoms with Crippen molar-refractivity contribution in [2.24, 2.45) is 17.1 Å². The second kappa shape index (κ2) is 3.46. The van der Waals surface area contributed by atoms with Crippen molar-refractivity contribution >= 4 is 0 Å². The molecule has 0 bridgehead atoms. The van der Waals surface area contributed by atoms with E-state index >= 15 is 0 Å². The molecule has 1 aliphatic heterocycles. The Hall–Kier alpha value is -0.0800. The van der Waals surface area contributed by atoms with Gasteiger partial charge in [0.2, 0.25) is 0 Å². The van der Waals surface area contributed by atoms with E-state index in [4.69, 9.17) is 5.73 Å². The van der Waals surface area contributed by atoms with E-state index in [1.54, 1.807) is 0 Å². The Morgan fingerprint density at radius 3 is 2.60 bits per heavy atom. The van der Waals surface area contributed by atoms with Crippen LogP contribution in [0, 0.1) is 11.3 Å². The molecule has 2 nitrogen and oxygen atoms in total. The fourth-order valence-corrected chi connectivity index (χ4v) is 3.70. The summed E-state index contributed by atoms with van der Waals surface area (Å²) < 4.78 is 0. The van der Waals surface area contributed by atoms with E-state index in [1.165, 1.54) is 32.4 Å². The normalized spacial score (nSPS) is 41.4. The molecular formula is C13H26N2. The Balaban J connectivity index is 2.03. The number of likely N-dealkylation sites (tertiary alicyclic amines) is 1. The highest BCUT2D eigenvalue weighted by Gasteiger charge is 2.56. The largest absolute Gasteiger partial charge is 0.327 e. The minimum Gasteiger partial charge on any atom is -0.327 e. The summed E-state index contributed by atoms with van der Waals surface area (Å²) in [6, 6.07) is 0.470. The van der Waals surface area contributed by atoms with Gasteiger partial charge < -0.3 is 5.73 Å². The molecule has 1 saturated heterocycles. The van der Waals surface area contributed by atoms with E-state index in [0.717, 1.165) is 5.92 Å². The first kappa shape index (κ1) is 11.4. The minimum absolute atomic E-state index is 0.370. The van der Waals surface area contributed by atoms with E-state index in [2.05, 4.69) is 32.6 Å². The van der Waals surface area contributed by atoms with Crippen LogP contribution in [0.4, 0.5) is 0 Å². The van der Waals surface area contributed by atoms with Crippen LogP contribution >= 0.6 is 0 Å². The minimum atomic E-state index is 0.370. The van der Waals surface area contributed by atoms with Gasteiger partial charge in [0.05, 0.1) is 0 Å². The van der Waals surface area contributed by atoms with Gasteiger partial charge in [-0.2, -0.15) is 0 Å². The van der Waals surface area contributed by atoms with Crippen LogP contribution in [0.25, 0.3) is 0 Å². The molecule has 2 fully saturated rings. The number of fused-ring (bicyclic) bond motifs is 1. The van der Waals surface area contributed by atoms with Gasteiger partial charge >= 0.3 is 0 Å². The number of nitrogens with zero attached hydrogens (tertiary/aromatic N) is 1. The summed E-state index contributed by atoms with van der Waals surface area (Å²) in [7, 11) is 0. The van der Waals surface area contributed by atoms with E-state index in [1.807, 2.05) is 0 Å². The highest BCUT2D eigenvalue weighted by Crippen LogP contribution is 2.52. The van der Waals surface area contributed by atoms with E-state index in [9.17, 15) is 0 Å². The maximum absolute atomic E-state index is 6.10. The highest BCUT2D eigenvalue weighted by atomic mass is 15.2. The van der Waals surface area contributed by atoms with Gasteiger partial charge in [0, 0.05) is 24.7 Å². The van der Waals surface area contributed by atoms with Gasteiger partial charge in [-0.15, -0.1) is 0 Å². The molecule has 0 radical (unpaired) electrons. The van der Waals surface area contributed by atoms with Crippen LogP contribution in [-0.4, -0.2) is 29.6 Å². The molecule has 0 aromatic heterocycles. The van der Waals surface area contributed by atoms with Gasteiger partial charge in [-0.05, 0) is 38.0 Å². The van der Waals surface area contributed by atoms with Crippen LogP contribution in [0.1, 0.15) is 47.0 Å². The Morgan fingerprint density at radius 2 is 2.13 bits per heavy atom. The monoisotopic (exact) mass is 210 g/mol.